The number of rotatable bonds is 4. The fraction of sp³-hybridized carbons (Fsp3) is 0.400. The summed E-state index contributed by atoms with van der Waals surface area (Å²) in [4.78, 5) is 18.1. The van der Waals surface area contributed by atoms with Crippen molar-refractivity contribution in [2.75, 3.05) is 20.1 Å². The van der Waals surface area contributed by atoms with Gasteiger partial charge in [0.1, 0.15) is 0 Å². The van der Waals surface area contributed by atoms with E-state index in [0.717, 1.165) is 18.4 Å². The third-order valence-electron chi connectivity index (χ3n) is 6.80. The maximum absolute atomic E-state index is 13.5. The molecule has 2 unspecified atom stereocenters. The molecule has 0 saturated carbocycles. The first-order valence-corrected chi connectivity index (χ1v) is 11.6. The minimum absolute atomic E-state index is 0.146. The van der Waals surface area contributed by atoms with E-state index in [9.17, 15) is 4.79 Å². The molecule has 0 spiro atoms. The van der Waals surface area contributed by atoms with Crippen molar-refractivity contribution >= 4 is 27.3 Å². The Morgan fingerprint density at radius 3 is 2.79 bits per heavy atom. The van der Waals surface area contributed by atoms with Crippen molar-refractivity contribution in [2.45, 2.75) is 44.2 Å². The van der Waals surface area contributed by atoms with Gasteiger partial charge in [0.05, 0.1) is 12.5 Å². The summed E-state index contributed by atoms with van der Waals surface area (Å²) in [5, 5.41) is 3.34. The van der Waals surface area contributed by atoms with Gasteiger partial charge in [-0.05, 0) is 78.4 Å². The molecule has 2 atom stereocenters. The second kappa shape index (κ2) is 7.92. The quantitative estimate of drug-likeness (QED) is 0.607. The van der Waals surface area contributed by atoms with Gasteiger partial charge in [0.25, 0.3) is 0 Å². The Morgan fingerprint density at radius 2 is 1.93 bits per heavy atom. The van der Waals surface area contributed by atoms with Gasteiger partial charge in [-0.25, -0.2) is 0 Å². The number of thiophene rings is 1. The third kappa shape index (κ3) is 3.49. The van der Waals surface area contributed by atoms with Crippen LogP contribution in [0.5, 0.6) is 0 Å². The van der Waals surface area contributed by atoms with Gasteiger partial charge in [-0.15, -0.1) is 11.3 Å². The van der Waals surface area contributed by atoms with E-state index in [4.69, 9.17) is 0 Å². The van der Waals surface area contributed by atoms with Crippen LogP contribution in [0.4, 0.5) is 0 Å². The Labute approximate surface area is 176 Å². The number of likely N-dealkylation sites (N-methyl/N-ethyl adjacent to an activating group) is 1. The summed E-state index contributed by atoms with van der Waals surface area (Å²) in [6.45, 7) is 2.33. The second-order valence-electron chi connectivity index (χ2n) is 8.42. The van der Waals surface area contributed by atoms with E-state index >= 15 is 0 Å². The summed E-state index contributed by atoms with van der Waals surface area (Å²) < 4.78 is 1.26. The molecule has 1 fully saturated rings. The summed E-state index contributed by atoms with van der Waals surface area (Å²) in [6.07, 6.45) is 5.28. The van der Waals surface area contributed by atoms with E-state index in [2.05, 4.69) is 58.8 Å². The first-order valence-electron chi connectivity index (χ1n) is 10.7. The highest BCUT2D eigenvalue weighted by atomic mass is 32.1. The van der Waals surface area contributed by atoms with Crippen LogP contribution < -0.4 is 0 Å². The average Bonchev–Trinajstić information content (AvgIpc) is 3.45. The predicted molar refractivity (Wildman–Crippen MR) is 120 cm³/mol. The first-order chi connectivity index (χ1) is 14.2. The molecular formula is C25H28N2OS. The van der Waals surface area contributed by atoms with Crippen LogP contribution in [-0.2, 0) is 17.6 Å². The number of carbonyl (C=O) groups excluding carboxylic acids is 1. The lowest BCUT2D eigenvalue weighted by molar-refractivity contribution is -0.133. The van der Waals surface area contributed by atoms with Gasteiger partial charge in [-0.1, -0.05) is 36.4 Å². The molecule has 150 valence electrons. The zero-order valence-electron chi connectivity index (χ0n) is 17.0. The molecular weight excluding hydrogens is 376 g/mol. The highest BCUT2D eigenvalue weighted by Crippen LogP contribution is 2.38. The third-order valence-corrected chi connectivity index (χ3v) is 7.68. The average molecular weight is 405 g/mol. The molecule has 29 heavy (non-hydrogen) atoms. The van der Waals surface area contributed by atoms with E-state index in [1.165, 1.54) is 47.1 Å². The number of carbonyl (C=O) groups is 1. The van der Waals surface area contributed by atoms with E-state index in [-0.39, 0.29) is 11.9 Å². The Bertz CT molecular complexity index is 1020. The van der Waals surface area contributed by atoms with Crippen molar-refractivity contribution in [3.8, 4) is 0 Å². The Morgan fingerprint density at radius 1 is 1.10 bits per heavy atom. The molecule has 4 heteroatoms. The van der Waals surface area contributed by atoms with Crippen LogP contribution in [0.15, 0.2) is 53.9 Å². The van der Waals surface area contributed by atoms with Crippen molar-refractivity contribution in [2.24, 2.45) is 0 Å². The molecule has 3 aromatic rings. The molecule has 0 radical (unpaired) electrons. The van der Waals surface area contributed by atoms with Crippen LogP contribution >= 0.6 is 11.3 Å². The molecule has 2 aliphatic rings. The monoisotopic (exact) mass is 404 g/mol. The van der Waals surface area contributed by atoms with Crippen molar-refractivity contribution in [3.63, 3.8) is 0 Å². The second-order valence-corrected chi connectivity index (χ2v) is 9.37. The zero-order chi connectivity index (χ0) is 19.8. The highest BCUT2D eigenvalue weighted by molar-refractivity contribution is 7.17. The summed E-state index contributed by atoms with van der Waals surface area (Å²) in [5.41, 5.74) is 3.90. The zero-order valence-corrected chi connectivity index (χ0v) is 17.8. The van der Waals surface area contributed by atoms with E-state index in [1.807, 2.05) is 11.9 Å². The Hall–Kier alpha value is -2.17. The fourth-order valence-corrected chi connectivity index (χ4v) is 6.13. The summed E-state index contributed by atoms with van der Waals surface area (Å²) in [5.74, 6) is 0.217. The molecule has 1 amide bonds. The van der Waals surface area contributed by atoms with Crippen LogP contribution in [0.1, 0.15) is 42.0 Å². The van der Waals surface area contributed by atoms with Crippen LogP contribution in [0, 0.1) is 0 Å². The number of benzene rings is 2. The van der Waals surface area contributed by atoms with Crippen molar-refractivity contribution in [1.82, 2.24) is 9.80 Å². The Balaban J connectivity index is 1.45. The van der Waals surface area contributed by atoms with Gasteiger partial charge in [-0.2, -0.15) is 0 Å². The normalized spacial score (nSPS) is 22.0. The SMILES string of the molecule is CN(C(=O)Cc1cccc2sccc12)C1c2ccccc2CCC1N1CCCC1. The summed E-state index contributed by atoms with van der Waals surface area (Å²) >= 11 is 1.74. The standard InChI is InChI=1S/C25H28N2OS/c1-26(24(28)17-19-8-6-10-23-20(19)13-16-29-23)25-21-9-3-2-7-18(21)11-12-22(25)27-14-4-5-15-27/h2-3,6-10,13,16,22,25H,4-5,11-12,14-15,17H2,1H3. The van der Waals surface area contributed by atoms with E-state index in [0.29, 0.717) is 12.5 Å². The van der Waals surface area contributed by atoms with Crippen LogP contribution in [0.3, 0.4) is 0 Å². The molecule has 0 bridgehead atoms. The topological polar surface area (TPSA) is 23.6 Å². The molecule has 2 aromatic carbocycles. The minimum Gasteiger partial charge on any atom is -0.337 e. The van der Waals surface area contributed by atoms with Crippen LogP contribution in [0.25, 0.3) is 10.1 Å². The van der Waals surface area contributed by atoms with Crippen molar-refractivity contribution in [1.29, 1.82) is 0 Å². The highest BCUT2D eigenvalue weighted by Gasteiger charge is 2.38. The number of hydrogen-bond acceptors (Lipinski definition) is 3. The predicted octanol–water partition coefficient (Wildman–Crippen LogP) is 5.05. The molecule has 1 aliphatic heterocycles. The molecule has 0 N–H and O–H groups in total. The lowest BCUT2D eigenvalue weighted by Gasteiger charge is -2.43. The molecule has 1 aliphatic carbocycles. The van der Waals surface area contributed by atoms with Gasteiger partial charge in [0, 0.05) is 17.8 Å². The van der Waals surface area contributed by atoms with Gasteiger partial charge < -0.3 is 4.90 Å². The summed E-state index contributed by atoms with van der Waals surface area (Å²) in [6, 6.07) is 17.8. The molecule has 1 aromatic heterocycles. The number of hydrogen-bond donors (Lipinski definition) is 0. The minimum atomic E-state index is 0.146. The number of fused-ring (bicyclic) bond motifs is 2. The molecule has 2 heterocycles. The maximum atomic E-state index is 13.5. The first kappa shape index (κ1) is 18.8. The van der Waals surface area contributed by atoms with Gasteiger partial charge in [-0.3, -0.25) is 9.69 Å². The van der Waals surface area contributed by atoms with Crippen molar-refractivity contribution < 1.29 is 4.79 Å². The maximum Gasteiger partial charge on any atom is 0.227 e. The van der Waals surface area contributed by atoms with Gasteiger partial charge in [0.15, 0.2) is 0 Å². The fourth-order valence-electron chi connectivity index (χ4n) is 5.29. The molecule has 5 rings (SSSR count). The number of aryl methyl sites for hydroxylation is 1. The molecule has 1 saturated heterocycles. The van der Waals surface area contributed by atoms with Crippen LogP contribution in [0.2, 0.25) is 0 Å². The van der Waals surface area contributed by atoms with Crippen molar-refractivity contribution in [3.05, 3.63) is 70.6 Å². The number of amides is 1. The number of nitrogens with zero attached hydrogens (tertiary/aromatic N) is 2. The van der Waals surface area contributed by atoms with Crippen LogP contribution in [-0.4, -0.2) is 41.9 Å². The largest absolute Gasteiger partial charge is 0.337 e. The smallest absolute Gasteiger partial charge is 0.227 e. The molecule has 3 nitrogen and oxygen atoms in total. The lowest BCUT2D eigenvalue weighted by Crippen LogP contribution is -2.48. The van der Waals surface area contributed by atoms with Gasteiger partial charge in [0.2, 0.25) is 5.91 Å². The lowest BCUT2D eigenvalue weighted by atomic mass is 9.82. The van der Waals surface area contributed by atoms with E-state index < -0.39 is 0 Å². The van der Waals surface area contributed by atoms with Gasteiger partial charge >= 0.3 is 0 Å². The Kier molecular flexibility index (Phi) is 5.15. The van der Waals surface area contributed by atoms with E-state index in [1.54, 1.807) is 11.3 Å². The number of likely N-dealkylation sites (tertiary alicyclic amines) is 1. The summed E-state index contributed by atoms with van der Waals surface area (Å²) in [7, 11) is 2.02.